The van der Waals surface area contributed by atoms with Crippen molar-refractivity contribution in [3.05, 3.63) is 34.2 Å². The number of rotatable bonds is 3. The zero-order valence-electron chi connectivity index (χ0n) is 13.5. The van der Waals surface area contributed by atoms with Gasteiger partial charge in [0, 0.05) is 9.77 Å². The fourth-order valence-electron chi connectivity index (χ4n) is 3.20. The highest BCUT2D eigenvalue weighted by Gasteiger charge is 2.24. The summed E-state index contributed by atoms with van der Waals surface area (Å²) in [6, 6.07) is 8.69. The van der Waals surface area contributed by atoms with Crippen LogP contribution < -0.4 is 5.32 Å². The number of thioether (sulfide) groups is 1. The maximum atomic E-state index is 9.63. The van der Waals surface area contributed by atoms with E-state index >= 15 is 0 Å². The molecular weight excluding hydrogens is 354 g/mol. The average molecular weight is 372 g/mol. The number of thiophene rings is 1. The number of thiazole rings is 1. The second-order valence-electron chi connectivity index (χ2n) is 6.12. The summed E-state index contributed by atoms with van der Waals surface area (Å²) in [6.07, 6.45) is 5.36. The van der Waals surface area contributed by atoms with Crippen LogP contribution in [0.3, 0.4) is 0 Å². The number of benzene rings is 1. The highest BCUT2D eigenvalue weighted by atomic mass is 32.2. The van der Waals surface area contributed by atoms with Crippen molar-refractivity contribution < 1.29 is 0 Å². The first-order chi connectivity index (χ1) is 11.7. The molecule has 1 aromatic carbocycles. The lowest BCUT2D eigenvalue weighted by molar-refractivity contribution is 0.507. The fourth-order valence-corrected chi connectivity index (χ4v) is 6.15. The van der Waals surface area contributed by atoms with Gasteiger partial charge in [0.05, 0.1) is 15.8 Å². The van der Waals surface area contributed by atoms with Gasteiger partial charge in [0.2, 0.25) is 0 Å². The maximum absolute atomic E-state index is 9.63. The van der Waals surface area contributed by atoms with Gasteiger partial charge in [0.1, 0.15) is 11.1 Å². The topological polar surface area (TPSA) is 48.7 Å². The molecule has 2 aromatic heterocycles. The molecule has 1 aliphatic rings. The summed E-state index contributed by atoms with van der Waals surface area (Å²) in [5.74, 6) is 0.710. The van der Waals surface area contributed by atoms with Gasteiger partial charge in [-0.2, -0.15) is 5.26 Å². The van der Waals surface area contributed by atoms with E-state index in [1.165, 1.54) is 26.5 Å². The molecule has 0 spiro atoms. The molecule has 0 saturated heterocycles. The standard InChI is InChI=1S/C18H17N3S3/c1-10-6-7-11-12(9-19)17(23-15(11)8-10)21-18-20-16-13(22-2)4-3-5-14(16)24-18/h3-5,10H,6-8H2,1-2H3,(H,20,21). The van der Waals surface area contributed by atoms with Crippen LogP contribution in [0, 0.1) is 17.2 Å². The number of hydrogen-bond acceptors (Lipinski definition) is 6. The van der Waals surface area contributed by atoms with E-state index < -0.39 is 0 Å². The van der Waals surface area contributed by atoms with E-state index in [1.54, 1.807) is 34.4 Å². The van der Waals surface area contributed by atoms with Gasteiger partial charge in [-0.1, -0.05) is 24.3 Å². The van der Waals surface area contributed by atoms with Crippen molar-refractivity contribution in [3.63, 3.8) is 0 Å². The normalized spacial score (nSPS) is 16.8. The predicted octanol–water partition coefficient (Wildman–Crippen LogP) is 5.82. The third-order valence-corrected chi connectivity index (χ3v) is 7.32. The van der Waals surface area contributed by atoms with Crippen LogP contribution in [0.1, 0.15) is 29.3 Å². The molecule has 0 amide bonds. The molecule has 1 unspecified atom stereocenters. The second kappa shape index (κ2) is 6.40. The Morgan fingerprint density at radius 1 is 1.38 bits per heavy atom. The number of para-hydroxylation sites is 1. The van der Waals surface area contributed by atoms with E-state index in [4.69, 9.17) is 4.98 Å². The molecule has 6 heteroatoms. The van der Waals surface area contributed by atoms with Gasteiger partial charge in [-0.3, -0.25) is 0 Å². The van der Waals surface area contributed by atoms with Crippen LogP contribution in [0.4, 0.5) is 10.1 Å². The molecule has 1 N–H and O–H groups in total. The predicted molar refractivity (Wildman–Crippen MR) is 105 cm³/mol. The lowest BCUT2D eigenvalue weighted by Crippen LogP contribution is -2.09. The van der Waals surface area contributed by atoms with E-state index in [-0.39, 0.29) is 0 Å². The fraction of sp³-hybridized carbons (Fsp3) is 0.333. The molecule has 4 rings (SSSR count). The minimum Gasteiger partial charge on any atom is -0.322 e. The minimum absolute atomic E-state index is 0.710. The molecular formula is C18H17N3S3. The summed E-state index contributed by atoms with van der Waals surface area (Å²) < 4.78 is 1.18. The van der Waals surface area contributed by atoms with Crippen LogP contribution in [0.5, 0.6) is 0 Å². The van der Waals surface area contributed by atoms with E-state index in [0.29, 0.717) is 5.92 Å². The number of nitrogens with zero attached hydrogens (tertiary/aromatic N) is 2. The van der Waals surface area contributed by atoms with Gasteiger partial charge in [0.15, 0.2) is 5.13 Å². The van der Waals surface area contributed by atoms with Gasteiger partial charge in [-0.25, -0.2) is 4.98 Å². The van der Waals surface area contributed by atoms with Crippen LogP contribution in [-0.4, -0.2) is 11.2 Å². The molecule has 122 valence electrons. The molecule has 2 heterocycles. The summed E-state index contributed by atoms with van der Waals surface area (Å²) in [6.45, 7) is 2.29. The van der Waals surface area contributed by atoms with Crippen molar-refractivity contribution in [2.24, 2.45) is 5.92 Å². The summed E-state index contributed by atoms with van der Waals surface area (Å²) in [5, 5.41) is 14.9. The Hall–Kier alpha value is -1.55. The first-order valence-corrected chi connectivity index (χ1v) is 10.8. The minimum atomic E-state index is 0.710. The Kier molecular flexibility index (Phi) is 4.25. The SMILES string of the molecule is CSc1cccc2sc(Nc3sc4c(c3C#N)CCC(C)C4)nc12. The lowest BCUT2D eigenvalue weighted by atomic mass is 9.89. The molecule has 0 fully saturated rings. The van der Waals surface area contributed by atoms with Crippen molar-refractivity contribution in [2.45, 2.75) is 31.1 Å². The molecule has 24 heavy (non-hydrogen) atoms. The van der Waals surface area contributed by atoms with Crippen LogP contribution in [-0.2, 0) is 12.8 Å². The summed E-state index contributed by atoms with van der Waals surface area (Å²) in [5.41, 5.74) is 3.13. The highest BCUT2D eigenvalue weighted by Crippen LogP contribution is 2.41. The molecule has 1 aliphatic carbocycles. The lowest BCUT2D eigenvalue weighted by Gasteiger charge is -2.17. The molecule has 0 radical (unpaired) electrons. The zero-order valence-corrected chi connectivity index (χ0v) is 16.0. The van der Waals surface area contributed by atoms with Gasteiger partial charge in [-0.15, -0.1) is 23.1 Å². The quantitative estimate of drug-likeness (QED) is 0.589. The molecule has 0 aliphatic heterocycles. The molecule has 3 aromatic rings. The van der Waals surface area contributed by atoms with Crippen molar-refractivity contribution in [1.82, 2.24) is 4.98 Å². The van der Waals surface area contributed by atoms with Crippen LogP contribution in [0.15, 0.2) is 23.1 Å². The van der Waals surface area contributed by atoms with E-state index in [2.05, 4.69) is 42.8 Å². The third-order valence-electron chi connectivity index (χ3n) is 4.45. The zero-order chi connectivity index (χ0) is 16.7. The molecule has 3 nitrogen and oxygen atoms in total. The highest BCUT2D eigenvalue weighted by molar-refractivity contribution is 7.98. The van der Waals surface area contributed by atoms with Crippen LogP contribution in [0.25, 0.3) is 10.2 Å². The Morgan fingerprint density at radius 3 is 3.04 bits per heavy atom. The number of nitrogens with one attached hydrogen (secondary N) is 1. The van der Waals surface area contributed by atoms with E-state index in [0.717, 1.165) is 34.1 Å². The van der Waals surface area contributed by atoms with E-state index in [1.807, 2.05) is 0 Å². The van der Waals surface area contributed by atoms with E-state index in [9.17, 15) is 5.26 Å². The number of nitriles is 1. The number of hydrogen-bond donors (Lipinski definition) is 1. The Labute approximate surface area is 153 Å². The van der Waals surface area contributed by atoms with Crippen molar-refractivity contribution in [3.8, 4) is 6.07 Å². The Morgan fingerprint density at radius 2 is 2.25 bits per heavy atom. The first-order valence-electron chi connectivity index (χ1n) is 7.94. The smallest absolute Gasteiger partial charge is 0.188 e. The number of anilines is 2. The van der Waals surface area contributed by atoms with Crippen molar-refractivity contribution in [2.75, 3.05) is 11.6 Å². The average Bonchev–Trinajstić information content (AvgIpc) is 3.14. The van der Waals surface area contributed by atoms with Crippen molar-refractivity contribution in [1.29, 1.82) is 5.26 Å². The third kappa shape index (κ3) is 2.71. The largest absolute Gasteiger partial charge is 0.322 e. The van der Waals surface area contributed by atoms with Gasteiger partial charge in [-0.05, 0) is 49.1 Å². The second-order valence-corrected chi connectivity index (χ2v) is 9.10. The summed E-state index contributed by atoms with van der Waals surface area (Å²) in [7, 11) is 0. The van der Waals surface area contributed by atoms with Gasteiger partial charge < -0.3 is 5.32 Å². The number of aromatic nitrogens is 1. The van der Waals surface area contributed by atoms with Gasteiger partial charge in [0.25, 0.3) is 0 Å². The maximum Gasteiger partial charge on any atom is 0.188 e. The van der Waals surface area contributed by atoms with Crippen molar-refractivity contribution >= 4 is 54.8 Å². The number of fused-ring (bicyclic) bond motifs is 2. The Bertz CT molecular complexity index is 948. The van der Waals surface area contributed by atoms with Crippen LogP contribution >= 0.6 is 34.4 Å². The first kappa shape index (κ1) is 15.9. The molecule has 0 saturated carbocycles. The Balaban J connectivity index is 1.72. The molecule has 1 atom stereocenters. The van der Waals surface area contributed by atoms with Crippen LogP contribution in [0.2, 0.25) is 0 Å². The monoisotopic (exact) mass is 371 g/mol. The summed E-state index contributed by atoms with van der Waals surface area (Å²) in [4.78, 5) is 7.32. The van der Waals surface area contributed by atoms with Gasteiger partial charge >= 0.3 is 0 Å². The summed E-state index contributed by atoms with van der Waals surface area (Å²) >= 11 is 5.10. The molecule has 0 bridgehead atoms.